The molecule has 190 valence electrons. The summed E-state index contributed by atoms with van der Waals surface area (Å²) < 4.78 is 0. The maximum atomic E-state index is 6.68. The number of aryl methyl sites for hydroxylation is 1. The van der Waals surface area contributed by atoms with Crippen molar-refractivity contribution in [3.63, 3.8) is 0 Å². The van der Waals surface area contributed by atoms with Gasteiger partial charge in [0.05, 0.1) is 5.52 Å². The fourth-order valence-corrected chi connectivity index (χ4v) is 6.53. The minimum absolute atomic E-state index is 0.543. The molecule has 1 aromatic heterocycles. The van der Waals surface area contributed by atoms with Crippen LogP contribution in [0.2, 0.25) is 5.02 Å². The van der Waals surface area contributed by atoms with E-state index in [0.29, 0.717) is 12.1 Å². The Labute approximate surface area is 228 Å². The van der Waals surface area contributed by atoms with Crippen LogP contribution in [0.15, 0.2) is 78.9 Å². The number of rotatable bonds is 5. The highest BCUT2D eigenvalue weighted by Crippen LogP contribution is 2.38. The number of hydrogen-bond donors (Lipinski definition) is 1. The minimum atomic E-state index is 0.543. The summed E-state index contributed by atoms with van der Waals surface area (Å²) in [7, 11) is 0. The zero-order valence-corrected chi connectivity index (χ0v) is 22.4. The highest BCUT2D eigenvalue weighted by atomic mass is 35.5. The molecule has 1 N–H and O–H groups in total. The Hall–Kier alpha value is -3.47. The standard InChI is InChI=1S/C33H31ClN4/c1-2-32-36-31-18-28(27-12-7-10-21-8-3-5-11-26(21)27)23(16-22-9-4-6-13-30(22)34)17-29(31)33(37-32)38-19-24-14-15-25(20-38)35-24/h3-13,17-18,24-25,35H,2,14-16,19-20H2,1H3. The number of benzene rings is 4. The lowest BCUT2D eigenvalue weighted by Crippen LogP contribution is -2.51. The summed E-state index contributed by atoms with van der Waals surface area (Å²) in [5.74, 6) is 1.98. The molecule has 2 fully saturated rings. The summed E-state index contributed by atoms with van der Waals surface area (Å²) in [6.45, 7) is 4.14. The van der Waals surface area contributed by atoms with E-state index in [2.05, 4.69) is 83.9 Å². The minimum Gasteiger partial charge on any atom is -0.353 e. The van der Waals surface area contributed by atoms with Crippen LogP contribution in [0.25, 0.3) is 32.8 Å². The molecule has 2 atom stereocenters. The molecule has 5 heteroatoms. The fourth-order valence-electron chi connectivity index (χ4n) is 6.32. The predicted octanol–water partition coefficient (Wildman–Crippen LogP) is 7.20. The highest BCUT2D eigenvalue weighted by molar-refractivity contribution is 6.31. The van der Waals surface area contributed by atoms with Crippen molar-refractivity contribution in [3.8, 4) is 11.1 Å². The average Bonchev–Trinajstić information content (AvgIpc) is 3.30. The summed E-state index contributed by atoms with van der Waals surface area (Å²) in [5, 5.41) is 8.18. The van der Waals surface area contributed by atoms with E-state index in [0.717, 1.165) is 59.1 Å². The Morgan fingerprint density at radius 3 is 2.39 bits per heavy atom. The van der Waals surface area contributed by atoms with Crippen molar-refractivity contribution in [3.05, 3.63) is 101 Å². The number of nitrogens with one attached hydrogen (secondary N) is 1. The first-order valence-electron chi connectivity index (χ1n) is 13.7. The van der Waals surface area contributed by atoms with Crippen LogP contribution in [0, 0.1) is 0 Å². The molecule has 4 aromatic carbocycles. The van der Waals surface area contributed by atoms with Gasteiger partial charge in [0.2, 0.25) is 0 Å². The lowest BCUT2D eigenvalue weighted by atomic mass is 9.90. The van der Waals surface area contributed by atoms with Crippen LogP contribution in [0.5, 0.6) is 0 Å². The fraction of sp³-hybridized carbons (Fsp3) is 0.273. The molecule has 0 amide bonds. The van der Waals surface area contributed by atoms with Crippen molar-refractivity contribution in [2.45, 2.75) is 44.7 Å². The third-order valence-corrected chi connectivity index (χ3v) is 8.57. The van der Waals surface area contributed by atoms with Crippen molar-refractivity contribution in [2.75, 3.05) is 18.0 Å². The number of fused-ring (bicyclic) bond motifs is 4. The van der Waals surface area contributed by atoms with Gasteiger partial charge in [0.15, 0.2) is 0 Å². The van der Waals surface area contributed by atoms with Crippen LogP contribution in [0.3, 0.4) is 0 Å². The largest absolute Gasteiger partial charge is 0.353 e. The summed E-state index contributed by atoms with van der Waals surface area (Å²) in [6.07, 6.45) is 4.05. The molecular weight excluding hydrogens is 488 g/mol. The van der Waals surface area contributed by atoms with Gasteiger partial charge in [-0.25, -0.2) is 9.97 Å². The van der Waals surface area contributed by atoms with Crippen LogP contribution in [-0.4, -0.2) is 35.1 Å². The van der Waals surface area contributed by atoms with Crippen LogP contribution in [0.4, 0.5) is 5.82 Å². The Morgan fingerprint density at radius 1 is 0.816 bits per heavy atom. The van der Waals surface area contributed by atoms with Gasteiger partial charge in [-0.1, -0.05) is 79.2 Å². The van der Waals surface area contributed by atoms with Crippen molar-refractivity contribution >= 4 is 39.1 Å². The zero-order chi connectivity index (χ0) is 25.6. The van der Waals surface area contributed by atoms with Gasteiger partial charge >= 0.3 is 0 Å². The summed E-state index contributed by atoms with van der Waals surface area (Å²) >= 11 is 6.68. The maximum Gasteiger partial charge on any atom is 0.140 e. The lowest BCUT2D eigenvalue weighted by Gasteiger charge is -2.34. The first-order valence-corrected chi connectivity index (χ1v) is 14.1. The van der Waals surface area contributed by atoms with Gasteiger partial charge in [-0.2, -0.15) is 0 Å². The van der Waals surface area contributed by atoms with Gasteiger partial charge in [-0.05, 0) is 70.5 Å². The summed E-state index contributed by atoms with van der Waals surface area (Å²) in [5.41, 5.74) is 5.83. The molecule has 2 saturated heterocycles. The number of piperazine rings is 1. The molecule has 0 radical (unpaired) electrons. The molecule has 2 aliphatic rings. The molecular formula is C33H31ClN4. The van der Waals surface area contributed by atoms with E-state index in [9.17, 15) is 0 Å². The highest BCUT2D eigenvalue weighted by Gasteiger charge is 2.33. The number of anilines is 1. The predicted molar refractivity (Wildman–Crippen MR) is 158 cm³/mol. The smallest absolute Gasteiger partial charge is 0.140 e. The van der Waals surface area contributed by atoms with Crippen LogP contribution < -0.4 is 10.2 Å². The third-order valence-electron chi connectivity index (χ3n) is 8.20. The second-order valence-corrected chi connectivity index (χ2v) is 11.1. The SMILES string of the molecule is CCc1nc(N2CC3CCC(C2)N3)c2cc(Cc3ccccc3Cl)c(-c3cccc4ccccc34)cc2n1. The van der Waals surface area contributed by atoms with Gasteiger partial charge in [0.1, 0.15) is 11.6 Å². The zero-order valence-electron chi connectivity index (χ0n) is 21.6. The Balaban J connectivity index is 1.47. The van der Waals surface area contributed by atoms with Crippen molar-refractivity contribution in [1.82, 2.24) is 15.3 Å². The van der Waals surface area contributed by atoms with Crippen molar-refractivity contribution in [2.24, 2.45) is 0 Å². The Morgan fingerprint density at radius 2 is 1.58 bits per heavy atom. The first kappa shape index (κ1) is 23.6. The molecule has 0 aliphatic carbocycles. The van der Waals surface area contributed by atoms with Gasteiger partial charge in [0, 0.05) is 42.0 Å². The van der Waals surface area contributed by atoms with E-state index in [1.807, 2.05) is 12.1 Å². The Kier molecular flexibility index (Phi) is 6.02. The normalized spacial score (nSPS) is 18.9. The molecule has 2 unspecified atom stereocenters. The molecule has 0 spiro atoms. The quantitative estimate of drug-likeness (QED) is 0.267. The molecule has 0 saturated carbocycles. The van der Waals surface area contributed by atoms with Crippen LogP contribution in [-0.2, 0) is 12.8 Å². The van der Waals surface area contributed by atoms with E-state index in [4.69, 9.17) is 21.6 Å². The lowest BCUT2D eigenvalue weighted by molar-refractivity contribution is 0.464. The average molecular weight is 519 g/mol. The van der Waals surface area contributed by atoms with Crippen molar-refractivity contribution < 1.29 is 0 Å². The number of aromatic nitrogens is 2. The third kappa shape index (κ3) is 4.22. The van der Waals surface area contributed by atoms with Crippen molar-refractivity contribution in [1.29, 1.82) is 0 Å². The van der Waals surface area contributed by atoms with Gasteiger partial charge in [-0.15, -0.1) is 0 Å². The maximum absolute atomic E-state index is 6.68. The van der Waals surface area contributed by atoms with Gasteiger partial charge in [0.25, 0.3) is 0 Å². The number of hydrogen-bond acceptors (Lipinski definition) is 4. The number of halogens is 1. The molecule has 3 heterocycles. The van der Waals surface area contributed by atoms with Crippen LogP contribution >= 0.6 is 11.6 Å². The van der Waals surface area contributed by atoms with E-state index >= 15 is 0 Å². The molecule has 2 aliphatic heterocycles. The molecule has 38 heavy (non-hydrogen) atoms. The topological polar surface area (TPSA) is 41.1 Å². The molecule has 4 nitrogen and oxygen atoms in total. The molecule has 7 rings (SSSR count). The second-order valence-electron chi connectivity index (χ2n) is 10.7. The first-order chi connectivity index (χ1) is 18.7. The van der Waals surface area contributed by atoms with E-state index in [1.165, 1.54) is 40.3 Å². The second kappa shape index (κ2) is 9.68. The van der Waals surface area contributed by atoms with E-state index in [1.54, 1.807) is 0 Å². The molecule has 2 bridgehead atoms. The van der Waals surface area contributed by atoms with E-state index < -0.39 is 0 Å². The van der Waals surface area contributed by atoms with Crippen LogP contribution in [0.1, 0.15) is 36.7 Å². The summed E-state index contributed by atoms with van der Waals surface area (Å²) in [6, 6.07) is 29.1. The summed E-state index contributed by atoms with van der Waals surface area (Å²) in [4.78, 5) is 12.7. The monoisotopic (exact) mass is 518 g/mol. The van der Waals surface area contributed by atoms with Gasteiger partial charge < -0.3 is 10.2 Å². The molecule has 5 aromatic rings. The number of nitrogens with zero attached hydrogens (tertiary/aromatic N) is 3. The van der Waals surface area contributed by atoms with E-state index in [-0.39, 0.29) is 0 Å². The van der Waals surface area contributed by atoms with Gasteiger partial charge in [-0.3, -0.25) is 0 Å². The Bertz CT molecular complexity index is 1650.